The molecule has 2 amide bonds. The summed E-state index contributed by atoms with van der Waals surface area (Å²) in [6.07, 6.45) is -0.243. The van der Waals surface area contributed by atoms with Crippen LogP contribution in [0.25, 0.3) is 0 Å². The number of ether oxygens (including phenoxy) is 1. The minimum atomic E-state index is -1.06. The lowest BCUT2D eigenvalue weighted by Gasteiger charge is -2.43. The number of piperidine rings is 1. The Kier molecular flexibility index (Phi) is 10.9. The standard InChI is InChI=1S/C34H41F2N3O4/c1-23(2)27-10-7-11-28(19-27)34(12-14-39(15-13-34)33(42)43-22-25-8-5-4-6-9-25)37-21-32(41)31(38-24(3)40)18-26-16-29(35)20-30(36)17-26/h4-11,16-17,19-20,23,31-32,37,41H,12-15,18,21-22H2,1-3H3,(H,38,40)/t31-,32+/m0/s1. The molecule has 0 radical (unpaired) electrons. The average molecular weight is 594 g/mol. The maximum atomic E-state index is 13.8. The topological polar surface area (TPSA) is 90.9 Å². The quantitative estimate of drug-likeness (QED) is 0.277. The van der Waals surface area contributed by atoms with Gasteiger partial charge >= 0.3 is 6.09 Å². The third-order valence-corrected chi connectivity index (χ3v) is 8.07. The first-order valence-electron chi connectivity index (χ1n) is 14.8. The number of nitrogens with one attached hydrogen (secondary N) is 2. The lowest BCUT2D eigenvalue weighted by molar-refractivity contribution is -0.120. The van der Waals surface area contributed by atoms with Crippen LogP contribution in [0.3, 0.4) is 0 Å². The van der Waals surface area contributed by atoms with Gasteiger partial charge in [-0.3, -0.25) is 4.79 Å². The van der Waals surface area contributed by atoms with Crippen LogP contribution in [0.5, 0.6) is 0 Å². The van der Waals surface area contributed by atoms with Gasteiger partial charge in [0.15, 0.2) is 0 Å². The lowest BCUT2D eigenvalue weighted by Crippen LogP contribution is -2.56. The van der Waals surface area contributed by atoms with Crippen molar-refractivity contribution in [2.45, 2.75) is 70.2 Å². The lowest BCUT2D eigenvalue weighted by atomic mass is 9.79. The number of benzene rings is 3. The number of halogens is 2. The van der Waals surface area contributed by atoms with Crippen molar-refractivity contribution in [2.24, 2.45) is 0 Å². The number of aliphatic hydroxyl groups excluding tert-OH is 1. The summed E-state index contributed by atoms with van der Waals surface area (Å²) < 4.78 is 33.3. The van der Waals surface area contributed by atoms with Crippen molar-refractivity contribution < 1.29 is 28.2 Å². The Morgan fingerprint density at radius 1 is 0.953 bits per heavy atom. The van der Waals surface area contributed by atoms with Crippen molar-refractivity contribution in [3.05, 3.63) is 107 Å². The molecule has 0 spiro atoms. The molecule has 1 aliphatic heterocycles. The normalized spacial score (nSPS) is 16.0. The van der Waals surface area contributed by atoms with Gasteiger partial charge < -0.3 is 25.4 Å². The zero-order valence-electron chi connectivity index (χ0n) is 25.0. The van der Waals surface area contributed by atoms with Crippen LogP contribution in [0.2, 0.25) is 0 Å². The van der Waals surface area contributed by atoms with Crippen molar-refractivity contribution in [2.75, 3.05) is 19.6 Å². The first-order valence-corrected chi connectivity index (χ1v) is 14.8. The van der Waals surface area contributed by atoms with Gasteiger partial charge in [-0.05, 0) is 59.6 Å². The monoisotopic (exact) mass is 593 g/mol. The van der Waals surface area contributed by atoms with E-state index in [0.717, 1.165) is 17.2 Å². The van der Waals surface area contributed by atoms with E-state index in [9.17, 15) is 23.5 Å². The smallest absolute Gasteiger partial charge is 0.410 e. The first kappa shape index (κ1) is 32.1. The predicted octanol–water partition coefficient (Wildman–Crippen LogP) is 5.41. The highest BCUT2D eigenvalue weighted by atomic mass is 19.1. The van der Waals surface area contributed by atoms with Crippen LogP contribution in [-0.4, -0.2) is 53.8 Å². The highest BCUT2D eigenvalue weighted by molar-refractivity contribution is 5.73. The molecule has 230 valence electrons. The SMILES string of the molecule is CC(=O)N[C@@H](Cc1cc(F)cc(F)c1)[C@H](O)CNC1(c2cccc(C(C)C)c2)CCN(C(=O)OCc2ccccc2)CC1. The number of hydrogen-bond acceptors (Lipinski definition) is 5. The zero-order chi connectivity index (χ0) is 31.0. The number of nitrogens with zero attached hydrogens (tertiary/aromatic N) is 1. The van der Waals surface area contributed by atoms with E-state index in [4.69, 9.17) is 4.74 Å². The molecule has 4 rings (SSSR count). The van der Waals surface area contributed by atoms with Gasteiger partial charge in [0.1, 0.15) is 18.2 Å². The Hall–Kier alpha value is -3.82. The summed E-state index contributed by atoms with van der Waals surface area (Å²) in [4.78, 5) is 26.6. The molecule has 0 aromatic heterocycles. The van der Waals surface area contributed by atoms with Gasteiger partial charge in [0.05, 0.1) is 12.1 Å². The number of likely N-dealkylation sites (tertiary alicyclic amines) is 1. The average Bonchev–Trinajstić information content (AvgIpc) is 2.98. The van der Waals surface area contributed by atoms with E-state index in [0.29, 0.717) is 37.4 Å². The minimum absolute atomic E-state index is 0.0496. The minimum Gasteiger partial charge on any atom is -0.445 e. The van der Waals surface area contributed by atoms with E-state index in [1.807, 2.05) is 36.4 Å². The summed E-state index contributed by atoms with van der Waals surface area (Å²) in [5, 5.41) is 17.6. The molecule has 1 heterocycles. The molecule has 9 heteroatoms. The predicted molar refractivity (Wildman–Crippen MR) is 161 cm³/mol. The summed E-state index contributed by atoms with van der Waals surface area (Å²) in [5.74, 6) is -1.49. The van der Waals surface area contributed by atoms with E-state index in [1.165, 1.54) is 24.6 Å². The van der Waals surface area contributed by atoms with Crippen LogP contribution in [0, 0.1) is 11.6 Å². The molecule has 3 aromatic rings. The Balaban J connectivity index is 1.49. The number of carbonyl (C=O) groups excluding carboxylic acids is 2. The van der Waals surface area contributed by atoms with E-state index in [2.05, 4.69) is 42.7 Å². The highest BCUT2D eigenvalue weighted by Gasteiger charge is 2.39. The Bertz CT molecular complexity index is 1360. The molecule has 1 aliphatic rings. The van der Waals surface area contributed by atoms with E-state index in [1.54, 1.807) is 4.90 Å². The number of carbonyl (C=O) groups is 2. The third kappa shape index (κ3) is 8.84. The molecule has 43 heavy (non-hydrogen) atoms. The Morgan fingerprint density at radius 2 is 1.63 bits per heavy atom. The summed E-state index contributed by atoms with van der Waals surface area (Å²) >= 11 is 0. The second-order valence-corrected chi connectivity index (χ2v) is 11.6. The molecular weight excluding hydrogens is 552 g/mol. The Morgan fingerprint density at radius 3 is 2.26 bits per heavy atom. The van der Waals surface area contributed by atoms with E-state index >= 15 is 0 Å². The fraction of sp³-hybridized carbons (Fsp3) is 0.412. The molecule has 1 fully saturated rings. The van der Waals surface area contributed by atoms with Crippen LogP contribution in [0.15, 0.2) is 72.8 Å². The van der Waals surface area contributed by atoms with Crippen LogP contribution in [-0.2, 0) is 28.1 Å². The molecule has 0 bridgehead atoms. The molecule has 1 saturated heterocycles. The van der Waals surface area contributed by atoms with Gasteiger partial charge in [0.25, 0.3) is 0 Å². The third-order valence-electron chi connectivity index (χ3n) is 8.07. The summed E-state index contributed by atoms with van der Waals surface area (Å²) in [6.45, 7) is 6.78. The number of amides is 2. The van der Waals surface area contributed by atoms with Gasteiger partial charge in [0.2, 0.25) is 5.91 Å². The molecule has 0 unspecified atom stereocenters. The number of hydrogen-bond donors (Lipinski definition) is 3. The summed E-state index contributed by atoms with van der Waals surface area (Å²) in [5.41, 5.74) is 2.91. The van der Waals surface area contributed by atoms with Crippen molar-refractivity contribution in [3.63, 3.8) is 0 Å². The molecule has 0 aliphatic carbocycles. The van der Waals surface area contributed by atoms with Crippen molar-refractivity contribution in [1.82, 2.24) is 15.5 Å². The van der Waals surface area contributed by atoms with Crippen LogP contribution >= 0.6 is 0 Å². The zero-order valence-corrected chi connectivity index (χ0v) is 25.0. The van der Waals surface area contributed by atoms with Gasteiger partial charge in [-0.15, -0.1) is 0 Å². The van der Waals surface area contributed by atoms with E-state index < -0.39 is 29.3 Å². The van der Waals surface area contributed by atoms with Gasteiger partial charge in [0, 0.05) is 38.2 Å². The van der Waals surface area contributed by atoms with Crippen LogP contribution in [0.4, 0.5) is 13.6 Å². The fourth-order valence-electron chi connectivity index (χ4n) is 5.61. The molecular formula is C34H41F2N3O4. The van der Waals surface area contributed by atoms with Gasteiger partial charge in [-0.2, -0.15) is 0 Å². The van der Waals surface area contributed by atoms with Crippen molar-refractivity contribution >= 4 is 12.0 Å². The van der Waals surface area contributed by atoms with Gasteiger partial charge in [-0.25, -0.2) is 13.6 Å². The largest absolute Gasteiger partial charge is 0.445 e. The molecule has 0 saturated carbocycles. The van der Waals surface area contributed by atoms with Crippen molar-refractivity contribution in [3.8, 4) is 0 Å². The maximum Gasteiger partial charge on any atom is 0.410 e. The van der Waals surface area contributed by atoms with Crippen LogP contribution in [0.1, 0.15) is 61.8 Å². The van der Waals surface area contributed by atoms with E-state index in [-0.39, 0.29) is 31.6 Å². The maximum absolute atomic E-state index is 13.8. The molecule has 7 nitrogen and oxygen atoms in total. The molecule has 2 atom stereocenters. The Labute approximate surface area is 252 Å². The fourth-order valence-corrected chi connectivity index (χ4v) is 5.61. The molecule has 3 N–H and O–H groups in total. The molecule has 3 aromatic carbocycles. The number of rotatable bonds is 11. The number of aliphatic hydroxyl groups is 1. The van der Waals surface area contributed by atoms with Crippen molar-refractivity contribution in [1.29, 1.82) is 0 Å². The second-order valence-electron chi connectivity index (χ2n) is 11.6. The first-order chi connectivity index (χ1) is 20.5. The summed E-state index contributed by atoms with van der Waals surface area (Å²) in [6, 6.07) is 20.2. The summed E-state index contributed by atoms with van der Waals surface area (Å²) in [7, 11) is 0. The van der Waals surface area contributed by atoms with Gasteiger partial charge in [-0.1, -0.05) is 68.4 Å². The second kappa shape index (κ2) is 14.6. The highest BCUT2D eigenvalue weighted by Crippen LogP contribution is 2.35. The van der Waals surface area contributed by atoms with Crippen LogP contribution < -0.4 is 10.6 Å².